The monoisotopic (exact) mass is 1010 g/mol. The molecule has 61 heavy (non-hydrogen) atoms. The van der Waals surface area contributed by atoms with Gasteiger partial charge >= 0.3 is 6.09 Å². The van der Waals surface area contributed by atoms with Crippen LogP contribution in [0.15, 0.2) is 140 Å². The van der Waals surface area contributed by atoms with Crippen molar-refractivity contribution in [3.05, 3.63) is 187 Å². The topological polar surface area (TPSA) is 132 Å². The van der Waals surface area contributed by atoms with Gasteiger partial charge in [-0.3, -0.25) is 37.3 Å². The van der Waals surface area contributed by atoms with Crippen LogP contribution in [-0.2, 0) is 42.6 Å². The zero-order valence-electron chi connectivity index (χ0n) is 33.1. The minimum absolute atomic E-state index is 0. The summed E-state index contributed by atoms with van der Waals surface area (Å²) < 4.78 is 56.9. The second-order valence-electron chi connectivity index (χ2n) is 13.8. The molecule has 1 radical (unpaired) electrons. The van der Waals surface area contributed by atoms with Gasteiger partial charge in [-0.1, -0.05) is 59.7 Å². The largest absolute Gasteiger partial charge is 0.444 e. The summed E-state index contributed by atoms with van der Waals surface area (Å²) in [6.07, 6.45) is 9.46. The van der Waals surface area contributed by atoms with Gasteiger partial charge in [0.25, 0.3) is 0 Å². The number of nitrogens with one attached hydrogen (secondary N) is 2. The number of carbonyl (C=O) groups is 2. The number of aromatic nitrogens is 5. The van der Waals surface area contributed by atoms with Crippen molar-refractivity contribution in [2.75, 3.05) is 0 Å². The molecule has 5 heterocycles. The molecule has 0 fully saturated rings. The van der Waals surface area contributed by atoms with Crippen molar-refractivity contribution in [3.63, 3.8) is 0 Å². The molecule has 2 aromatic carbocycles. The molecule has 315 valence electrons. The quantitative estimate of drug-likeness (QED) is 0.108. The Morgan fingerprint density at radius 2 is 1.16 bits per heavy atom. The van der Waals surface area contributed by atoms with Crippen LogP contribution in [-0.4, -0.2) is 48.6 Å². The molecule has 2 N–H and O–H groups in total. The molecular weight excluding hydrogens is 967 g/mol. The van der Waals surface area contributed by atoms with E-state index in [-0.39, 0.29) is 43.7 Å². The third-order valence-corrected chi connectivity index (χ3v) is 7.97. The van der Waals surface area contributed by atoms with E-state index < -0.39 is 41.0 Å². The molecule has 10 nitrogen and oxygen atoms in total. The van der Waals surface area contributed by atoms with Gasteiger partial charge in [0.2, 0.25) is 5.91 Å². The minimum Gasteiger partial charge on any atom is -0.444 e. The van der Waals surface area contributed by atoms with Crippen molar-refractivity contribution in [1.82, 2.24) is 35.6 Å². The van der Waals surface area contributed by atoms with Gasteiger partial charge in [-0.2, -0.15) is 0 Å². The summed E-state index contributed by atoms with van der Waals surface area (Å²) >= 11 is 0. The Labute approximate surface area is 364 Å². The Balaban J connectivity index is 0.000000232. The minimum atomic E-state index is -0.798. The Morgan fingerprint density at radius 1 is 0.656 bits per heavy atom. The molecule has 0 aliphatic rings. The van der Waals surface area contributed by atoms with Crippen molar-refractivity contribution >= 4 is 12.0 Å². The van der Waals surface area contributed by atoms with Crippen LogP contribution in [0.2, 0.25) is 0 Å². The van der Waals surface area contributed by atoms with E-state index in [1.54, 1.807) is 106 Å². The first-order valence-electron chi connectivity index (χ1n) is 18.4. The van der Waals surface area contributed by atoms with Crippen molar-refractivity contribution in [1.29, 1.82) is 0 Å². The summed E-state index contributed by atoms with van der Waals surface area (Å²) in [6.45, 7) is 5.58. The van der Waals surface area contributed by atoms with E-state index in [9.17, 15) is 27.2 Å². The van der Waals surface area contributed by atoms with Crippen LogP contribution in [0.4, 0.5) is 22.4 Å². The normalized spacial score (nSPS) is 10.9. The van der Waals surface area contributed by atoms with Crippen LogP contribution in [0, 0.1) is 35.4 Å². The SMILES string of the molecule is CC(C)(C)OC(=O)N[C@@H](Cc1ccncc1)C(=O)NCc1ccc(-c2ccccn2)nc1.Fc1c[c-]c(-c2ccccn2)c(F)c1.Fc1c[c-]c(-c2ccccn2)c(F)c1.[Ir]. The van der Waals surface area contributed by atoms with Crippen LogP contribution in [0.5, 0.6) is 0 Å². The van der Waals surface area contributed by atoms with Crippen LogP contribution in [0.1, 0.15) is 31.9 Å². The number of amides is 2. The van der Waals surface area contributed by atoms with Gasteiger partial charge in [0.05, 0.1) is 11.4 Å². The number of pyridine rings is 5. The second-order valence-corrected chi connectivity index (χ2v) is 13.8. The number of benzene rings is 2. The first-order valence-corrected chi connectivity index (χ1v) is 18.4. The van der Waals surface area contributed by atoms with Gasteiger partial charge in [0.1, 0.15) is 11.6 Å². The molecule has 2 amide bonds. The molecule has 0 bridgehead atoms. The molecule has 1 atom stereocenters. The Hall–Kier alpha value is -6.70. The van der Waals surface area contributed by atoms with Crippen LogP contribution in [0.3, 0.4) is 0 Å². The van der Waals surface area contributed by atoms with Gasteiger partial charge < -0.3 is 25.3 Å². The smallest absolute Gasteiger partial charge is 0.408 e. The molecule has 0 saturated carbocycles. The molecule has 0 unspecified atom stereocenters. The molecule has 7 aromatic rings. The van der Waals surface area contributed by atoms with Crippen LogP contribution in [0.25, 0.3) is 33.9 Å². The van der Waals surface area contributed by atoms with Gasteiger partial charge in [0, 0.05) is 93.5 Å². The van der Waals surface area contributed by atoms with Crippen molar-refractivity contribution in [2.45, 2.75) is 45.4 Å². The average Bonchev–Trinajstić information content (AvgIpc) is 3.24. The average molecular weight is 1010 g/mol. The Bertz CT molecular complexity index is 2350. The van der Waals surface area contributed by atoms with Crippen LogP contribution < -0.4 is 10.6 Å². The number of hydrogen-bond acceptors (Lipinski definition) is 8. The summed E-state index contributed by atoms with van der Waals surface area (Å²) in [5, 5.41) is 5.54. The number of alkyl carbamates (subject to hydrolysis) is 1. The van der Waals surface area contributed by atoms with E-state index >= 15 is 0 Å². The zero-order valence-corrected chi connectivity index (χ0v) is 35.5. The second kappa shape index (κ2) is 23.2. The fraction of sp³-hybridized carbons (Fsp3) is 0.152. The summed E-state index contributed by atoms with van der Waals surface area (Å²) in [5.41, 5.74) is 3.84. The summed E-state index contributed by atoms with van der Waals surface area (Å²) in [5.74, 6) is -2.89. The predicted molar refractivity (Wildman–Crippen MR) is 217 cm³/mol. The van der Waals surface area contributed by atoms with Crippen molar-refractivity contribution < 1.29 is 52.0 Å². The van der Waals surface area contributed by atoms with Crippen LogP contribution >= 0.6 is 0 Å². The molecule has 0 aliphatic heterocycles. The molecule has 5 aromatic heterocycles. The molecule has 15 heteroatoms. The fourth-order valence-electron chi connectivity index (χ4n) is 5.22. The van der Waals surface area contributed by atoms with Crippen molar-refractivity contribution in [2.24, 2.45) is 0 Å². The maximum Gasteiger partial charge on any atom is 0.408 e. The number of ether oxygens (including phenoxy) is 1. The fourth-order valence-corrected chi connectivity index (χ4v) is 5.22. The van der Waals surface area contributed by atoms with E-state index in [0.717, 1.165) is 46.8 Å². The maximum absolute atomic E-state index is 13.2. The molecular formula is C46H39F4IrN7O3-2. The van der Waals surface area contributed by atoms with Gasteiger partial charge in [-0.25, -0.2) is 4.79 Å². The first kappa shape index (κ1) is 47.0. The van der Waals surface area contributed by atoms with E-state index in [1.807, 2.05) is 30.3 Å². The van der Waals surface area contributed by atoms with E-state index in [1.165, 1.54) is 0 Å². The summed E-state index contributed by atoms with van der Waals surface area (Å²) in [7, 11) is 0. The Morgan fingerprint density at radius 3 is 1.61 bits per heavy atom. The van der Waals surface area contributed by atoms with Crippen molar-refractivity contribution in [3.8, 4) is 33.9 Å². The third-order valence-electron chi connectivity index (χ3n) is 7.97. The predicted octanol–water partition coefficient (Wildman–Crippen LogP) is 8.94. The molecule has 7 rings (SSSR count). The number of halogens is 4. The first-order chi connectivity index (χ1) is 28.8. The van der Waals surface area contributed by atoms with Gasteiger partial charge in [0.15, 0.2) is 0 Å². The molecule has 0 aliphatic carbocycles. The standard InChI is InChI=1S/C24H27N5O3.2C11H6F2N.Ir/c1-24(2,3)32-23(31)29-21(14-17-9-12-25-13-10-17)22(30)28-16-18-7-8-20(27-15-18)19-6-4-5-11-26-19;2*12-8-4-5-9(10(13)7-8)11-3-1-2-6-14-11;/h4-13,15,21H,14,16H2,1-3H3,(H,28,30)(H,29,31);2*1-4,6-7H;/q;2*-1;/t21-;;;/m0.../s1. The number of nitrogens with zero attached hydrogens (tertiary/aromatic N) is 5. The number of hydrogen-bond donors (Lipinski definition) is 2. The Kier molecular flexibility index (Phi) is 17.9. The summed E-state index contributed by atoms with van der Waals surface area (Å²) in [4.78, 5) is 45.7. The zero-order chi connectivity index (χ0) is 42.9. The number of carbonyl (C=O) groups excluding carboxylic acids is 2. The number of rotatable bonds is 9. The van der Waals surface area contributed by atoms with Gasteiger partial charge in [-0.15, -0.1) is 24.3 Å². The summed E-state index contributed by atoms with van der Waals surface area (Å²) in [6, 6.07) is 31.2. The maximum atomic E-state index is 13.2. The third kappa shape index (κ3) is 15.4. The van der Waals surface area contributed by atoms with E-state index in [0.29, 0.717) is 17.8 Å². The van der Waals surface area contributed by atoms with Gasteiger partial charge in [-0.05, 0) is 85.8 Å². The van der Waals surface area contributed by atoms with E-state index in [2.05, 4.69) is 47.7 Å². The molecule has 0 saturated heterocycles. The van der Waals surface area contributed by atoms with E-state index in [4.69, 9.17) is 4.74 Å². The molecule has 0 spiro atoms.